The molecule has 1 aromatic carbocycles. The lowest BCUT2D eigenvalue weighted by atomic mass is 9.99. The van der Waals surface area contributed by atoms with E-state index in [4.69, 9.17) is 21.0 Å². The fourth-order valence-electron chi connectivity index (χ4n) is 4.38. The number of amides is 2. The molecule has 13 heteroatoms. The van der Waals surface area contributed by atoms with Crippen LogP contribution in [0.2, 0.25) is 0 Å². The first-order chi connectivity index (χ1) is 16.3. The highest BCUT2D eigenvalue weighted by atomic mass is 16.7. The molecule has 0 aliphatic carbocycles. The number of aromatic nitrogens is 4. The second kappa shape index (κ2) is 8.29. The molecule has 0 saturated carbocycles. The van der Waals surface area contributed by atoms with Crippen molar-refractivity contribution in [2.24, 2.45) is 0 Å². The average Bonchev–Trinajstić information content (AvgIpc) is 3.44. The number of carbonyl (C=O) groups excluding carboxylic acids is 2. The SMILES string of the molecule is CCCc1cccc2c1C(=O)N(O[C@@H]1[C@H](O)[C@@H](CO)O[C@H]1n1cnc3c(N)nc(N)nc31)C2=O. The number of nitrogen functional groups attached to an aromatic ring is 2. The van der Waals surface area contributed by atoms with E-state index < -0.39 is 43.0 Å². The topological polar surface area (TPSA) is 192 Å². The molecule has 2 aliphatic heterocycles. The van der Waals surface area contributed by atoms with Crippen molar-refractivity contribution in [2.45, 2.75) is 44.3 Å². The zero-order chi connectivity index (χ0) is 24.1. The number of aryl methyl sites for hydroxylation is 1. The van der Waals surface area contributed by atoms with Crippen LogP contribution in [0.1, 0.15) is 45.9 Å². The van der Waals surface area contributed by atoms with Crippen LogP contribution in [-0.2, 0) is 16.0 Å². The Morgan fingerprint density at radius 1 is 1.21 bits per heavy atom. The minimum atomic E-state index is -1.39. The number of nitrogens with two attached hydrogens (primary N) is 2. The fourth-order valence-corrected chi connectivity index (χ4v) is 4.38. The molecule has 2 aliphatic rings. The highest BCUT2D eigenvalue weighted by Crippen LogP contribution is 2.37. The smallest absolute Gasteiger partial charge is 0.286 e. The number of carbonyl (C=O) groups is 2. The van der Waals surface area contributed by atoms with Gasteiger partial charge in [-0.2, -0.15) is 9.97 Å². The van der Waals surface area contributed by atoms with Gasteiger partial charge in [0.1, 0.15) is 17.7 Å². The number of hydrogen-bond acceptors (Lipinski definition) is 11. The zero-order valence-corrected chi connectivity index (χ0v) is 18.2. The maximum absolute atomic E-state index is 13.2. The summed E-state index contributed by atoms with van der Waals surface area (Å²) in [5.74, 6) is -1.35. The first-order valence-corrected chi connectivity index (χ1v) is 10.7. The van der Waals surface area contributed by atoms with Gasteiger partial charge >= 0.3 is 0 Å². The average molecular weight is 469 g/mol. The molecule has 0 spiro atoms. The van der Waals surface area contributed by atoms with Crippen molar-refractivity contribution in [3.05, 3.63) is 41.2 Å². The van der Waals surface area contributed by atoms with Crippen molar-refractivity contribution < 1.29 is 29.4 Å². The Morgan fingerprint density at radius 2 is 2.00 bits per heavy atom. The number of fused-ring (bicyclic) bond motifs is 2. The molecule has 1 fully saturated rings. The largest absolute Gasteiger partial charge is 0.394 e. The van der Waals surface area contributed by atoms with Gasteiger partial charge in [0.05, 0.1) is 24.1 Å². The molecule has 1 saturated heterocycles. The van der Waals surface area contributed by atoms with Crippen LogP contribution in [0.5, 0.6) is 0 Å². The fraction of sp³-hybridized carbons (Fsp3) is 0.381. The Hall–Kier alpha value is -3.65. The maximum atomic E-state index is 13.2. The molecule has 4 atom stereocenters. The molecule has 0 unspecified atom stereocenters. The van der Waals surface area contributed by atoms with Gasteiger partial charge in [0, 0.05) is 0 Å². The van der Waals surface area contributed by atoms with Crippen molar-refractivity contribution in [3.8, 4) is 0 Å². The Labute approximate surface area is 192 Å². The molecular weight excluding hydrogens is 446 g/mol. The summed E-state index contributed by atoms with van der Waals surface area (Å²) in [6, 6.07) is 5.06. The summed E-state index contributed by atoms with van der Waals surface area (Å²) in [5, 5.41) is 21.1. The van der Waals surface area contributed by atoms with Crippen LogP contribution >= 0.6 is 0 Å². The van der Waals surface area contributed by atoms with Crippen molar-refractivity contribution in [1.29, 1.82) is 0 Å². The molecule has 34 heavy (non-hydrogen) atoms. The minimum Gasteiger partial charge on any atom is -0.394 e. The third-order valence-electron chi connectivity index (χ3n) is 5.94. The van der Waals surface area contributed by atoms with Gasteiger partial charge in [0.15, 0.2) is 23.8 Å². The third-order valence-corrected chi connectivity index (χ3v) is 5.94. The number of ether oxygens (including phenoxy) is 1. The zero-order valence-electron chi connectivity index (χ0n) is 18.2. The maximum Gasteiger partial charge on any atom is 0.286 e. The van der Waals surface area contributed by atoms with Crippen molar-refractivity contribution in [1.82, 2.24) is 24.6 Å². The summed E-state index contributed by atoms with van der Waals surface area (Å²) in [6.45, 7) is 1.44. The lowest BCUT2D eigenvalue weighted by Gasteiger charge is -2.25. The van der Waals surface area contributed by atoms with E-state index in [2.05, 4.69) is 15.0 Å². The van der Waals surface area contributed by atoms with Crippen LogP contribution in [0.25, 0.3) is 11.2 Å². The third kappa shape index (κ3) is 3.28. The van der Waals surface area contributed by atoms with E-state index in [1.165, 1.54) is 10.9 Å². The molecule has 2 aromatic heterocycles. The van der Waals surface area contributed by atoms with Crippen LogP contribution in [0, 0.1) is 0 Å². The van der Waals surface area contributed by atoms with Crippen LogP contribution in [0.3, 0.4) is 0 Å². The van der Waals surface area contributed by atoms with Gasteiger partial charge in [-0.25, -0.2) is 4.98 Å². The summed E-state index contributed by atoms with van der Waals surface area (Å²) in [7, 11) is 0. The van der Waals surface area contributed by atoms with Gasteiger partial charge in [0.25, 0.3) is 11.8 Å². The normalized spacial score (nSPS) is 24.4. The van der Waals surface area contributed by atoms with E-state index in [1.54, 1.807) is 18.2 Å². The van der Waals surface area contributed by atoms with Crippen molar-refractivity contribution in [2.75, 3.05) is 18.1 Å². The van der Waals surface area contributed by atoms with E-state index >= 15 is 0 Å². The number of nitrogens with zero attached hydrogens (tertiary/aromatic N) is 5. The molecule has 3 aromatic rings. The lowest BCUT2D eigenvalue weighted by molar-refractivity contribution is -0.177. The number of rotatable bonds is 6. The molecule has 13 nitrogen and oxygen atoms in total. The first kappa shape index (κ1) is 22.2. The van der Waals surface area contributed by atoms with Gasteiger partial charge in [-0.1, -0.05) is 25.5 Å². The van der Waals surface area contributed by atoms with E-state index in [9.17, 15) is 19.8 Å². The summed E-state index contributed by atoms with van der Waals surface area (Å²) < 4.78 is 7.19. The van der Waals surface area contributed by atoms with Crippen LogP contribution in [0.4, 0.5) is 11.8 Å². The summed E-state index contributed by atoms with van der Waals surface area (Å²) in [5.41, 5.74) is 13.3. The number of aliphatic hydroxyl groups excluding tert-OH is 2. The number of hydroxylamine groups is 2. The summed E-state index contributed by atoms with van der Waals surface area (Å²) in [4.78, 5) is 44.2. The Bertz CT molecular complexity index is 1290. The monoisotopic (exact) mass is 469 g/mol. The Morgan fingerprint density at radius 3 is 2.74 bits per heavy atom. The molecule has 0 bridgehead atoms. The van der Waals surface area contributed by atoms with Gasteiger partial charge in [-0.3, -0.25) is 19.0 Å². The van der Waals surface area contributed by atoms with E-state index in [0.29, 0.717) is 11.5 Å². The molecule has 4 heterocycles. The van der Waals surface area contributed by atoms with Crippen molar-refractivity contribution >= 4 is 34.7 Å². The van der Waals surface area contributed by atoms with E-state index in [-0.39, 0.29) is 34.1 Å². The molecule has 6 N–H and O–H groups in total. The Balaban J connectivity index is 1.52. The molecule has 178 valence electrons. The lowest BCUT2D eigenvalue weighted by Crippen LogP contribution is -2.43. The molecule has 2 amide bonds. The minimum absolute atomic E-state index is 0.0415. The number of imide groups is 1. The number of hydrogen-bond donors (Lipinski definition) is 4. The molecular formula is C21H23N7O6. The number of benzene rings is 1. The van der Waals surface area contributed by atoms with Crippen LogP contribution < -0.4 is 11.5 Å². The molecule has 5 rings (SSSR count). The highest BCUT2D eigenvalue weighted by molar-refractivity contribution is 6.21. The van der Waals surface area contributed by atoms with Crippen LogP contribution in [0.15, 0.2) is 24.5 Å². The Kier molecular flexibility index (Phi) is 5.40. The predicted octanol–water partition coefficient (Wildman–Crippen LogP) is -0.210. The van der Waals surface area contributed by atoms with Crippen LogP contribution in [-0.4, -0.2) is 71.5 Å². The summed E-state index contributed by atoms with van der Waals surface area (Å²) >= 11 is 0. The quantitative estimate of drug-likeness (QED) is 0.349. The van der Waals surface area contributed by atoms with Gasteiger partial charge in [-0.05, 0) is 18.1 Å². The number of imidazole rings is 1. The standard InChI is InChI=1S/C21H23N7O6/c1-2-4-9-5-3-6-10-12(9)19(32)28(18(10)31)34-15-14(30)11(7-29)33-20(15)27-8-24-13-16(22)25-21(23)26-17(13)27/h3,5-6,8,11,14-15,20,29-30H,2,4,7H2,1H3,(H4,22,23,25,26)/t11-,14-,15-,20-/m1/s1. The van der Waals surface area contributed by atoms with E-state index in [0.717, 1.165) is 12.0 Å². The number of aliphatic hydroxyl groups is 2. The predicted molar refractivity (Wildman–Crippen MR) is 117 cm³/mol. The highest BCUT2D eigenvalue weighted by Gasteiger charge is 2.50. The van der Waals surface area contributed by atoms with Gasteiger partial charge in [0.2, 0.25) is 5.95 Å². The second-order valence-corrected chi connectivity index (χ2v) is 8.09. The second-order valence-electron chi connectivity index (χ2n) is 8.09. The first-order valence-electron chi connectivity index (χ1n) is 10.7. The molecule has 0 radical (unpaired) electrons. The summed E-state index contributed by atoms with van der Waals surface area (Å²) in [6.07, 6.45) is -2.10. The van der Waals surface area contributed by atoms with Crippen molar-refractivity contribution in [3.63, 3.8) is 0 Å². The van der Waals surface area contributed by atoms with E-state index in [1.807, 2.05) is 6.92 Å². The van der Waals surface area contributed by atoms with Gasteiger partial charge in [-0.15, -0.1) is 5.06 Å². The number of anilines is 2. The van der Waals surface area contributed by atoms with Gasteiger partial charge < -0.3 is 26.4 Å².